The molecule has 0 fully saturated rings. The first-order valence-corrected chi connectivity index (χ1v) is 9.43. The quantitative estimate of drug-likeness (QED) is 0.778. The number of benzene rings is 2. The summed E-state index contributed by atoms with van der Waals surface area (Å²) < 4.78 is 2.30. The summed E-state index contributed by atoms with van der Waals surface area (Å²) in [5, 5.41) is 3.02. The van der Waals surface area contributed by atoms with E-state index in [4.69, 9.17) is 4.98 Å². The third-order valence-electron chi connectivity index (χ3n) is 5.29. The summed E-state index contributed by atoms with van der Waals surface area (Å²) in [6, 6.07) is 14.3. The molecule has 0 aliphatic carbocycles. The van der Waals surface area contributed by atoms with Gasteiger partial charge in [-0.1, -0.05) is 36.8 Å². The third kappa shape index (κ3) is 3.36. The van der Waals surface area contributed by atoms with Crippen LogP contribution in [-0.4, -0.2) is 22.0 Å². The summed E-state index contributed by atoms with van der Waals surface area (Å²) in [5.74, 6) is 1.80. The number of nitrogens with zero attached hydrogens (tertiary/aromatic N) is 2. The molecule has 0 saturated heterocycles. The van der Waals surface area contributed by atoms with E-state index in [1.807, 2.05) is 18.2 Å². The smallest absolute Gasteiger partial charge is 0.251 e. The zero-order valence-corrected chi connectivity index (χ0v) is 15.5. The average molecular weight is 347 g/mol. The molecule has 3 aromatic rings. The first-order valence-electron chi connectivity index (χ1n) is 9.43. The number of aryl methyl sites for hydroxylation is 2. The van der Waals surface area contributed by atoms with Crippen molar-refractivity contribution in [3.63, 3.8) is 0 Å². The van der Waals surface area contributed by atoms with Crippen LogP contribution in [0.1, 0.15) is 40.7 Å². The second-order valence-electron chi connectivity index (χ2n) is 7.47. The minimum Gasteiger partial charge on any atom is -0.352 e. The zero-order chi connectivity index (χ0) is 18.1. The lowest BCUT2D eigenvalue weighted by molar-refractivity contribution is 0.0954. The van der Waals surface area contributed by atoms with Crippen molar-refractivity contribution in [1.82, 2.24) is 14.9 Å². The lowest BCUT2D eigenvalue weighted by atomic mass is 10.0. The fourth-order valence-electron chi connectivity index (χ4n) is 3.67. The van der Waals surface area contributed by atoms with Crippen molar-refractivity contribution in [3.05, 3.63) is 65.0 Å². The van der Waals surface area contributed by atoms with Crippen molar-refractivity contribution in [2.75, 3.05) is 6.54 Å². The summed E-state index contributed by atoms with van der Waals surface area (Å²) in [6.07, 6.45) is 3.05. The van der Waals surface area contributed by atoms with Gasteiger partial charge < -0.3 is 9.88 Å². The highest BCUT2D eigenvalue weighted by atomic mass is 16.1. The Morgan fingerprint density at radius 3 is 2.85 bits per heavy atom. The van der Waals surface area contributed by atoms with Gasteiger partial charge in [0.2, 0.25) is 0 Å². The summed E-state index contributed by atoms with van der Waals surface area (Å²) in [6.45, 7) is 6.01. The molecule has 4 heteroatoms. The molecule has 1 aromatic heterocycles. The number of hydrogen-bond acceptors (Lipinski definition) is 2. The lowest BCUT2D eigenvalue weighted by Gasteiger charge is -2.19. The molecule has 1 atom stereocenters. The Hall–Kier alpha value is -2.62. The summed E-state index contributed by atoms with van der Waals surface area (Å²) in [7, 11) is 0. The predicted octanol–water partition coefficient (Wildman–Crippen LogP) is 3.90. The Kier molecular flexibility index (Phi) is 4.49. The molecular formula is C22H25N3O. The highest BCUT2D eigenvalue weighted by molar-refractivity contribution is 5.97. The van der Waals surface area contributed by atoms with Gasteiger partial charge in [0, 0.05) is 25.1 Å². The van der Waals surface area contributed by atoms with E-state index < -0.39 is 0 Å². The molecule has 1 aliphatic rings. The number of amides is 1. The Morgan fingerprint density at radius 2 is 2.04 bits per heavy atom. The van der Waals surface area contributed by atoms with Crippen molar-refractivity contribution in [1.29, 1.82) is 0 Å². The van der Waals surface area contributed by atoms with Crippen molar-refractivity contribution >= 4 is 16.9 Å². The molecule has 0 radical (unpaired) electrons. The van der Waals surface area contributed by atoms with Gasteiger partial charge in [-0.25, -0.2) is 4.98 Å². The van der Waals surface area contributed by atoms with Crippen molar-refractivity contribution in [2.45, 2.75) is 39.7 Å². The molecule has 134 valence electrons. The van der Waals surface area contributed by atoms with Crippen LogP contribution in [0.4, 0.5) is 0 Å². The van der Waals surface area contributed by atoms with Gasteiger partial charge >= 0.3 is 0 Å². The molecule has 0 saturated carbocycles. The molecular weight excluding hydrogens is 322 g/mol. The SMILES string of the molecule is Cc1ccc(CCNC(=O)c2ccc3c(c2)nc2n3CC[C@@H](C)C2)cc1. The minimum atomic E-state index is -0.0293. The van der Waals surface area contributed by atoms with E-state index in [0.717, 1.165) is 36.2 Å². The molecule has 0 unspecified atom stereocenters. The van der Waals surface area contributed by atoms with Gasteiger partial charge in [0.05, 0.1) is 11.0 Å². The fraction of sp³-hybridized carbons (Fsp3) is 0.364. The molecule has 4 nitrogen and oxygen atoms in total. The van der Waals surface area contributed by atoms with Crippen molar-refractivity contribution in [3.8, 4) is 0 Å². The van der Waals surface area contributed by atoms with Gasteiger partial charge in [0.15, 0.2) is 0 Å². The molecule has 4 rings (SSSR count). The number of carbonyl (C=O) groups excluding carboxylic acids is 1. The topological polar surface area (TPSA) is 46.9 Å². The largest absolute Gasteiger partial charge is 0.352 e. The summed E-state index contributed by atoms with van der Waals surface area (Å²) in [5.41, 5.74) is 5.25. The van der Waals surface area contributed by atoms with E-state index in [9.17, 15) is 4.79 Å². The second kappa shape index (κ2) is 6.94. The minimum absolute atomic E-state index is 0.0293. The van der Waals surface area contributed by atoms with Crippen LogP contribution in [0.2, 0.25) is 0 Å². The summed E-state index contributed by atoms with van der Waals surface area (Å²) >= 11 is 0. The number of aromatic nitrogens is 2. The molecule has 1 aliphatic heterocycles. The highest BCUT2D eigenvalue weighted by Gasteiger charge is 2.19. The Labute approximate surface area is 154 Å². The molecule has 2 heterocycles. The van der Waals surface area contributed by atoms with E-state index in [0.29, 0.717) is 18.0 Å². The molecule has 26 heavy (non-hydrogen) atoms. The van der Waals surface area contributed by atoms with Gasteiger partial charge in [-0.2, -0.15) is 0 Å². The molecule has 1 N–H and O–H groups in total. The molecule has 2 aromatic carbocycles. The Morgan fingerprint density at radius 1 is 1.23 bits per heavy atom. The normalized spacial score (nSPS) is 16.5. The fourth-order valence-corrected chi connectivity index (χ4v) is 3.67. The summed E-state index contributed by atoms with van der Waals surface area (Å²) in [4.78, 5) is 17.2. The second-order valence-corrected chi connectivity index (χ2v) is 7.47. The van der Waals surface area contributed by atoms with Gasteiger partial charge in [0.25, 0.3) is 5.91 Å². The number of hydrogen-bond donors (Lipinski definition) is 1. The van der Waals surface area contributed by atoms with Crippen LogP contribution in [0, 0.1) is 12.8 Å². The Bertz CT molecular complexity index is 940. The van der Waals surface area contributed by atoms with Crippen LogP contribution in [0.3, 0.4) is 0 Å². The van der Waals surface area contributed by atoms with Crippen LogP contribution in [0.15, 0.2) is 42.5 Å². The van der Waals surface area contributed by atoms with E-state index in [2.05, 4.69) is 48.0 Å². The monoisotopic (exact) mass is 347 g/mol. The number of nitrogens with one attached hydrogen (secondary N) is 1. The van der Waals surface area contributed by atoms with Gasteiger partial charge in [0.1, 0.15) is 5.82 Å². The lowest BCUT2D eigenvalue weighted by Crippen LogP contribution is -2.25. The van der Waals surface area contributed by atoms with Crippen molar-refractivity contribution < 1.29 is 4.79 Å². The van der Waals surface area contributed by atoms with Gasteiger partial charge in [-0.3, -0.25) is 4.79 Å². The molecule has 0 spiro atoms. The van der Waals surface area contributed by atoms with Crippen LogP contribution >= 0.6 is 0 Å². The zero-order valence-electron chi connectivity index (χ0n) is 15.5. The van der Waals surface area contributed by atoms with E-state index in [1.54, 1.807) is 0 Å². The van der Waals surface area contributed by atoms with Gasteiger partial charge in [-0.15, -0.1) is 0 Å². The maximum Gasteiger partial charge on any atom is 0.251 e. The maximum atomic E-state index is 12.5. The standard InChI is InChI=1S/C22H25N3O/c1-15-3-5-17(6-4-15)9-11-23-22(26)18-7-8-20-19(14-18)24-21-13-16(2)10-12-25(20)21/h3-8,14,16H,9-13H2,1-2H3,(H,23,26)/t16-/m1/s1. The average Bonchev–Trinajstić information content (AvgIpc) is 2.99. The van der Waals surface area contributed by atoms with E-state index in [-0.39, 0.29) is 5.91 Å². The predicted molar refractivity (Wildman–Crippen MR) is 104 cm³/mol. The van der Waals surface area contributed by atoms with Crippen LogP contribution in [0.25, 0.3) is 11.0 Å². The number of fused-ring (bicyclic) bond motifs is 3. The van der Waals surface area contributed by atoms with E-state index >= 15 is 0 Å². The van der Waals surface area contributed by atoms with Crippen LogP contribution in [-0.2, 0) is 19.4 Å². The molecule has 0 bridgehead atoms. The number of rotatable bonds is 4. The first-order chi connectivity index (χ1) is 12.6. The molecule has 1 amide bonds. The number of carbonyl (C=O) groups is 1. The van der Waals surface area contributed by atoms with E-state index in [1.165, 1.54) is 17.5 Å². The van der Waals surface area contributed by atoms with Crippen molar-refractivity contribution in [2.24, 2.45) is 5.92 Å². The van der Waals surface area contributed by atoms with Gasteiger partial charge in [-0.05, 0) is 49.4 Å². The Balaban J connectivity index is 1.44. The van der Waals surface area contributed by atoms with Crippen LogP contribution < -0.4 is 5.32 Å². The highest BCUT2D eigenvalue weighted by Crippen LogP contribution is 2.25. The maximum absolute atomic E-state index is 12.5. The third-order valence-corrected chi connectivity index (χ3v) is 5.29. The number of imidazole rings is 1. The van der Waals surface area contributed by atoms with Crippen LogP contribution in [0.5, 0.6) is 0 Å². The first kappa shape index (κ1) is 16.8.